The second-order valence-corrected chi connectivity index (χ2v) is 10.7. The minimum atomic E-state index is -4.10. The first-order valence-electron chi connectivity index (χ1n) is 11.6. The lowest BCUT2D eigenvalue weighted by molar-refractivity contribution is -0.139. The number of amides is 2. The number of aryl methyl sites for hydroxylation is 1. The first-order valence-corrected chi connectivity index (χ1v) is 13.4. The highest BCUT2D eigenvalue weighted by molar-refractivity contribution is 7.92. The van der Waals surface area contributed by atoms with E-state index in [4.69, 9.17) is 11.6 Å². The summed E-state index contributed by atoms with van der Waals surface area (Å²) < 4.78 is 28.4. The van der Waals surface area contributed by atoms with Crippen LogP contribution in [0, 0.1) is 6.92 Å². The third-order valence-corrected chi connectivity index (χ3v) is 7.76. The Hall–Kier alpha value is -3.36. The average molecular weight is 528 g/mol. The third kappa shape index (κ3) is 6.65. The summed E-state index contributed by atoms with van der Waals surface area (Å²) in [5, 5.41) is 3.18. The van der Waals surface area contributed by atoms with Crippen molar-refractivity contribution in [3.8, 4) is 0 Å². The predicted molar refractivity (Wildman–Crippen MR) is 142 cm³/mol. The van der Waals surface area contributed by atoms with E-state index in [1.165, 1.54) is 17.0 Å². The van der Waals surface area contributed by atoms with Crippen molar-refractivity contribution in [3.63, 3.8) is 0 Å². The van der Waals surface area contributed by atoms with Gasteiger partial charge in [0.15, 0.2) is 0 Å². The van der Waals surface area contributed by atoms with Crippen molar-refractivity contribution in [2.24, 2.45) is 0 Å². The number of nitrogens with zero attached hydrogens (tertiary/aromatic N) is 2. The molecule has 0 bridgehead atoms. The van der Waals surface area contributed by atoms with E-state index in [1.54, 1.807) is 50.2 Å². The van der Waals surface area contributed by atoms with Crippen LogP contribution >= 0.6 is 11.6 Å². The van der Waals surface area contributed by atoms with E-state index >= 15 is 0 Å². The second kappa shape index (κ2) is 12.1. The summed E-state index contributed by atoms with van der Waals surface area (Å²) in [5.74, 6) is -0.829. The zero-order chi connectivity index (χ0) is 26.3. The third-order valence-electron chi connectivity index (χ3n) is 5.72. The molecule has 0 radical (unpaired) electrons. The van der Waals surface area contributed by atoms with Crippen LogP contribution in [-0.2, 0) is 26.2 Å². The number of carbonyl (C=O) groups excluding carboxylic acids is 2. The number of benzene rings is 3. The quantitative estimate of drug-likeness (QED) is 0.423. The molecule has 1 atom stereocenters. The van der Waals surface area contributed by atoms with Crippen molar-refractivity contribution in [2.45, 2.75) is 38.3 Å². The van der Waals surface area contributed by atoms with Gasteiger partial charge < -0.3 is 10.2 Å². The lowest BCUT2D eigenvalue weighted by Gasteiger charge is -2.32. The van der Waals surface area contributed by atoms with E-state index < -0.39 is 28.5 Å². The highest BCUT2D eigenvalue weighted by Gasteiger charge is 2.32. The van der Waals surface area contributed by atoms with E-state index in [2.05, 4.69) is 5.32 Å². The van der Waals surface area contributed by atoms with Gasteiger partial charge in [-0.1, -0.05) is 59.6 Å². The first-order chi connectivity index (χ1) is 17.1. The molecule has 0 saturated carbocycles. The molecule has 9 heteroatoms. The molecule has 0 aliphatic carbocycles. The average Bonchev–Trinajstić information content (AvgIpc) is 2.87. The minimum Gasteiger partial charge on any atom is -0.355 e. The molecular formula is C27H30ClN3O4S. The first kappa shape index (κ1) is 27.2. The molecule has 36 heavy (non-hydrogen) atoms. The van der Waals surface area contributed by atoms with E-state index in [0.29, 0.717) is 17.3 Å². The number of hydrogen-bond donors (Lipinski definition) is 1. The summed E-state index contributed by atoms with van der Waals surface area (Å²) in [6.07, 6.45) is 0. The SMILES string of the molecule is CCNC(=O)[C@@H](C)N(Cc1ccccc1)C(=O)CN(c1ccc(Cl)cc1)S(=O)(=O)c1ccc(C)cc1. The maximum absolute atomic E-state index is 13.7. The summed E-state index contributed by atoms with van der Waals surface area (Å²) in [6, 6.07) is 21.1. The molecule has 0 aromatic heterocycles. The lowest BCUT2D eigenvalue weighted by atomic mass is 10.1. The summed E-state index contributed by atoms with van der Waals surface area (Å²) in [7, 11) is -4.10. The largest absolute Gasteiger partial charge is 0.355 e. The van der Waals surface area contributed by atoms with Crippen LogP contribution in [0.4, 0.5) is 5.69 Å². The fraction of sp³-hybridized carbons (Fsp3) is 0.259. The number of likely N-dealkylation sites (N-methyl/N-ethyl adjacent to an activating group) is 1. The zero-order valence-electron chi connectivity index (χ0n) is 20.5. The monoisotopic (exact) mass is 527 g/mol. The van der Waals surface area contributed by atoms with E-state index in [0.717, 1.165) is 15.4 Å². The molecule has 190 valence electrons. The van der Waals surface area contributed by atoms with Gasteiger partial charge in [-0.25, -0.2) is 8.42 Å². The van der Waals surface area contributed by atoms with Crippen molar-refractivity contribution in [1.82, 2.24) is 10.2 Å². The molecule has 3 rings (SSSR count). The van der Waals surface area contributed by atoms with Crippen LogP contribution in [0.3, 0.4) is 0 Å². The van der Waals surface area contributed by atoms with Crippen molar-refractivity contribution >= 4 is 39.1 Å². The van der Waals surface area contributed by atoms with E-state index in [9.17, 15) is 18.0 Å². The maximum atomic E-state index is 13.7. The fourth-order valence-electron chi connectivity index (χ4n) is 3.66. The summed E-state index contributed by atoms with van der Waals surface area (Å²) in [5.41, 5.74) is 2.02. The number of sulfonamides is 1. The molecule has 3 aromatic carbocycles. The van der Waals surface area contributed by atoms with Gasteiger partial charge in [-0.3, -0.25) is 13.9 Å². The fourth-order valence-corrected chi connectivity index (χ4v) is 5.20. The number of halogens is 1. The smallest absolute Gasteiger partial charge is 0.264 e. The normalized spacial score (nSPS) is 12.0. The van der Waals surface area contributed by atoms with Gasteiger partial charge in [0.05, 0.1) is 10.6 Å². The van der Waals surface area contributed by atoms with Crippen LogP contribution in [0.1, 0.15) is 25.0 Å². The van der Waals surface area contributed by atoms with Crippen molar-refractivity contribution in [1.29, 1.82) is 0 Å². The molecule has 7 nitrogen and oxygen atoms in total. The van der Waals surface area contributed by atoms with E-state index in [1.807, 2.05) is 37.3 Å². The molecule has 3 aromatic rings. The topological polar surface area (TPSA) is 86.8 Å². The Morgan fingerprint density at radius 2 is 1.56 bits per heavy atom. The number of rotatable bonds is 10. The Morgan fingerprint density at radius 1 is 0.944 bits per heavy atom. The molecule has 0 unspecified atom stereocenters. The van der Waals surface area contributed by atoms with Crippen molar-refractivity contribution in [2.75, 3.05) is 17.4 Å². The van der Waals surface area contributed by atoms with Crippen LogP contribution in [0.5, 0.6) is 0 Å². The zero-order valence-corrected chi connectivity index (χ0v) is 22.1. The predicted octanol–water partition coefficient (Wildman–Crippen LogP) is 4.40. The van der Waals surface area contributed by atoms with Gasteiger partial charge in [-0.05, 0) is 62.7 Å². The Morgan fingerprint density at radius 3 is 2.14 bits per heavy atom. The van der Waals surface area contributed by atoms with Gasteiger partial charge in [0, 0.05) is 18.1 Å². The highest BCUT2D eigenvalue weighted by Crippen LogP contribution is 2.26. The van der Waals surface area contributed by atoms with Gasteiger partial charge in [0.2, 0.25) is 11.8 Å². The van der Waals surface area contributed by atoms with E-state index in [-0.39, 0.29) is 17.3 Å². The lowest BCUT2D eigenvalue weighted by Crippen LogP contribution is -2.51. The summed E-state index contributed by atoms with van der Waals surface area (Å²) in [6.45, 7) is 5.36. The second-order valence-electron chi connectivity index (χ2n) is 8.38. The molecule has 0 aliphatic rings. The molecule has 0 saturated heterocycles. The Kier molecular flexibility index (Phi) is 9.12. The Balaban J connectivity index is 2.01. The summed E-state index contributed by atoms with van der Waals surface area (Å²) in [4.78, 5) is 27.8. The van der Waals surface area contributed by atoms with Gasteiger partial charge in [0.25, 0.3) is 10.0 Å². The minimum absolute atomic E-state index is 0.0576. The molecule has 1 N–H and O–H groups in total. The van der Waals surface area contributed by atoms with Crippen molar-refractivity contribution in [3.05, 3.63) is 95.0 Å². The molecular weight excluding hydrogens is 498 g/mol. The molecule has 0 aliphatic heterocycles. The standard InChI is InChI=1S/C27H30ClN3O4S/c1-4-29-27(33)21(3)30(18-22-8-6-5-7-9-22)26(32)19-31(24-14-12-23(28)13-15-24)36(34,35)25-16-10-20(2)11-17-25/h5-17,21H,4,18-19H2,1-3H3,(H,29,33)/t21-/m1/s1. The summed E-state index contributed by atoms with van der Waals surface area (Å²) >= 11 is 6.03. The molecule has 0 spiro atoms. The van der Waals surface area contributed by atoms with Crippen LogP contribution in [0.15, 0.2) is 83.8 Å². The molecule has 0 heterocycles. The Bertz CT molecular complexity index is 1280. The van der Waals surface area contributed by atoms with Gasteiger partial charge >= 0.3 is 0 Å². The highest BCUT2D eigenvalue weighted by atomic mass is 35.5. The van der Waals surface area contributed by atoms with Gasteiger partial charge in [-0.2, -0.15) is 0 Å². The van der Waals surface area contributed by atoms with Crippen LogP contribution in [0.2, 0.25) is 5.02 Å². The van der Waals surface area contributed by atoms with Crippen molar-refractivity contribution < 1.29 is 18.0 Å². The van der Waals surface area contributed by atoms with Crippen LogP contribution < -0.4 is 9.62 Å². The molecule has 2 amide bonds. The number of anilines is 1. The maximum Gasteiger partial charge on any atom is 0.264 e. The van der Waals surface area contributed by atoms with Gasteiger partial charge in [0.1, 0.15) is 12.6 Å². The molecule has 0 fully saturated rings. The number of nitrogens with one attached hydrogen (secondary N) is 1. The van der Waals surface area contributed by atoms with Crippen LogP contribution in [-0.4, -0.2) is 44.3 Å². The van der Waals surface area contributed by atoms with Crippen LogP contribution in [0.25, 0.3) is 0 Å². The number of hydrogen-bond acceptors (Lipinski definition) is 4. The number of carbonyl (C=O) groups is 2. The Labute approximate surface area is 217 Å². The van der Waals surface area contributed by atoms with Gasteiger partial charge in [-0.15, -0.1) is 0 Å².